The molecule has 1 aromatic carbocycles. The van der Waals surface area contributed by atoms with Crippen LogP contribution in [-0.4, -0.2) is 41.4 Å². The van der Waals surface area contributed by atoms with Crippen LogP contribution in [0.5, 0.6) is 5.75 Å². The summed E-state index contributed by atoms with van der Waals surface area (Å²) in [5.74, 6) is 3.47. The monoisotopic (exact) mass is 390 g/mol. The molecule has 0 amide bonds. The van der Waals surface area contributed by atoms with E-state index in [-0.39, 0.29) is 6.42 Å². The molecule has 3 rings (SSSR count). The summed E-state index contributed by atoms with van der Waals surface area (Å²) in [4.78, 5) is 10.6. The zero-order chi connectivity index (χ0) is 18.9. The molecule has 5 heteroatoms. The zero-order valence-electron chi connectivity index (χ0n) is 15.8. The average Bonchev–Trinajstić information content (AvgIpc) is 3.27. The number of allylic oxidation sites excluding steroid dienone is 1. The van der Waals surface area contributed by atoms with Crippen LogP contribution in [0, 0.1) is 11.8 Å². The van der Waals surface area contributed by atoms with Crippen molar-refractivity contribution in [3.63, 3.8) is 0 Å². The van der Waals surface area contributed by atoms with Crippen molar-refractivity contribution in [3.05, 3.63) is 42.5 Å². The maximum absolute atomic E-state index is 10.6. The van der Waals surface area contributed by atoms with Crippen LogP contribution >= 0.6 is 11.8 Å². The predicted molar refractivity (Wildman–Crippen MR) is 109 cm³/mol. The molecule has 2 aliphatic heterocycles. The van der Waals surface area contributed by atoms with Crippen LogP contribution in [0.4, 0.5) is 0 Å². The molecule has 0 aliphatic carbocycles. The van der Waals surface area contributed by atoms with Crippen LogP contribution in [0.15, 0.2) is 42.5 Å². The molecular formula is C22H30O4S. The minimum atomic E-state index is -0.700. The van der Waals surface area contributed by atoms with Gasteiger partial charge < -0.3 is 14.6 Å². The van der Waals surface area contributed by atoms with Gasteiger partial charge in [0.15, 0.2) is 0 Å². The van der Waals surface area contributed by atoms with E-state index in [1.807, 2.05) is 42.1 Å². The van der Waals surface area contributed by atoms with Gasteiger partial charge >= 0.3 is 5.97 Å². The van der Waals surface area contributed by atoms with E-state index in [1.165, 1.54) is 12.8 Å². The standard InChI is InChI=1S/C22H30O4S/c23-22(24)11-7-2-1-6-10-18-19(21-13-12-20(18)26-21)16-27-15-14-25-17-8-4-3-5-9-17/h3-6,8-10,18-21H,1-2,7,11-16H2,(H,23,24)/b10-6-/t18-,19+,20-,21+/m0/s1. The third kappa shape index (κ3) is 6.28. The Morgan fingerprint density at radius 1 is 1.22 bits per heavy atom. The number of carboxylic acids is 1. The smallest absolute Gasteiger partial charge is 0.303 e. The second kappa shape index (κ2) is 10.8. The van der Waals surface area contributed by atoms with E-state index in [0.717, 1.165) is 43.1 Å². The highest BCUT2D eigenvalue weighted by molar-refractivity contribution is 7.99. The number of para-hydroxylation sites is 1. The fourth-order valence-corrected chi connectivity index (χ4v) is 5.12. The van der Waals surface area contributed by atoms with Crippen LogP contribution in [0.3, 0.4) is 0 Å². The lowest BCUT2D eigenvalue weighted by Gasteiger charge is -2.25. The van der Waals surface area contributed by atoms with Gasteiger partial charge in [-0.3, -0.25) is 4.79 Å². The Bertz CT molecular complexity index is 604. The highest BCUT2D eigenvalue weighted by Gasteiger charge is 2.47. The van der Waals surface area contributed by atoms with E-state index >= 15 is 0 Å². The van der Waals surface area contributed by atoms with Crippen LogP contribution in [0.25, 0.3) is 0 Å². The average molecular weight is 391 g/mol. The number of hydrogen-bond donors (Lipinski definition) is 1. The zero-order valence-corrected chi connectivity index (χ0v) is 16.6. The Labute approximate surface area is 166 Å². The number of thioether (sulfide) groups is 1. The van der Waals surface area contributed by atoms with Crippen molar-refractivity contribution in [2.75, 3.05) is 18.1 Å². The summed E-state index contributed by atoms with van der Waals surface area (Å²) in [7, 11) is 0. The lowest BCUT2D eigenvalue weighted by Crippen LogP contribution is -2.27. The Morgan fingerprint density at radius 2 is 2.04 bits per heavy atom. The molecule has 2 aliphatic rings. The van der Waals surface area contributed by atoms with E-state index in [0.29, 0.717) is 24.0 Å². The third-order valence-electron chi connectivity index (χ3n) is 5.41. The van der Waals surface area contributed by atoms with Gasteiger partial charge in [-0.2, -0.15) is 11.8 Å². The molecule has 148 valence electrons. The second-order valence-electron chi connectivity index (χ2n) is 7.34. The van der Waals surface area contributed by atoms with E-state index in [2.05, 4.69) is 12.2 Å². The maximum Gasteiger partial charge on any atom is 0.303 e. The number of carboxylic acid groups (broad SMARTS) is 1. The number of carbonyl (C=O) groups is 1. The number of hydrogen-bond acceptors (Lipinski definition) is 4. The highest BCUT2D eigenvalue weighted by atomic mass is 32.2. The summed E-state index contributed by atoms with van der Waals surface area (Å²) in [6, 6.07) is 9.97. The molecule has 0 spiro atoms. The lowest BCUT2D eigenvalue weighted by atomic mass is 9.80. The summed E-state index contributed by atoms with van der Waals surface area (Å²) in [6.07, 6.45) is 10.7. The SMILES string of the molecule is O=C(O)CCCC/C=C\[C@H]1[C@@H](CSCCOc2ccccc2)[C@H]2CC[C@@H]1O2. The fourth-order valence-electron chi connectivity index (χ4n) is 4.04. The summed E-state index contributed by atoms with van der Waals surface area (Å²) >= 11 is 1.96. The van der Waals surface area contributed by atoms with Gasteiger partial charge in [0.25, 0.3) is 0 Å². The van der Waals surface area contributed by atoms with E-state index in [4.69, 9.17) is 14.6 Å². The minimum absolute atomic E-state index is 0.273. The molecule has 27 heavy (non-hydrogen) atoms. The van der Waals surface area contributed by atoms with Crippen molar-refractivity contribution in [2.24, 2.45) is 11.8 Å². The molecule has 0 unspecified atom stereocenters. The summed E-state index contributed by atoms with van der Waals surface area (Å²) in [5.41, 5.74) is 0. The van der Waals surface area contributed by atoms with E-state index in [9.17, 15) is 4.79 Å². The van der Waals surface area contributed by atoms with E-state index < -0.39 is 5.97 Å². The molecule has 2 saturated heterocycles. The number of rotatable bonds is 12. The molecule has 0 aromatic heterocycles. The molecule has 2 fully saturated rings. The van der Waals surface area contributed by atoms with Crippen molar-refractivity contribution in [2.45, 2.75) is 50.7 Å². The fraction of sp³-hybridized carbons (Fsp3) is 0.591. The molecule has 2 bridgehead atoms. The van der Waals surface area contributed by atoms with Gasteiger partial charge in [-0.15, -0.1) is 0 Å². The van der Waals surface area contributed by atoms with Gasteiger partial charge in [0.2, 0.25) is 0 Å². The predicted octanol–water partition coefficient (Wildman–Crippen LogP) is 4.79. The van der Waals surface area contributed by atoms with Gasteiger partial charge in [-0.05, 0) is 50.0 Å². The van der Waals surface area contributed by atoms with Gasteiger partial charge in [0.05, 0.1) is 18.8 Å². The van der Waals surface area contributed by atoms with Crippen LogP contribution in [-0.2, 0) is 9.53 Å². The van der Waals surface area contributed by atoms with Crippen molar-refractivity contribution in [1.82, 2.24) is 0 Å². The first-order valence-electron chi connectivity index (χ1n) is 10.0. The van der Waals surface area contributed by atoms with Crippen LogP contribution in [0.1, 0.15) is 38.5 Å². The van der Waals surface area contributed by atoms with Gasteiger partial charge in [-0.1, -0.05) is 30.4 Å². The molecule has 4 atom stereocenters. The van der Waals surface area contributed by atoms with Gasteiger partial charge in [-0.25, -0.2) is 0 Å². The second-order valence-corrected chi connectivity index (χ2v) is 8.49. The van der Waals surface area contributed by atoms with Gasteiger partial charge in [0, 0.05) is 24.0 Å². The Kier molecular flexibility index (Phi) is 8.09. The Morgan fingerprint density at radius 3 is 2.85 bits per heavy atom. The van der Waals surface area contributed by atoms with Crippen molar-refractivity contribution in [3.8, 4) is 5.75 Å². The number of aliphatic carboxylic acids is 1. The quantitative estimate of drug-likeness (QED) is 0.411. The first-order chi connectivity index (χ1) is 13.2. The first-order valence-corrected chi connectivity index (χ1v) is 11.2. The molecule has 0 radical (unpaired) electrons. The lowest BCUT2D eigenvalue weighted by molar-refractivity contribution is -0.137. The topological polar surface area (TPSA) is 55.8 Å². The van der Waals surface area contributed by atoms with Gasteiger partial charge in [0.1, 0.15) is 5.75 Å². The van der Waals surface area contributed by atoms with Crippen molar-refractivity contribution < 1.29 is 19.4 Å². The largest absolute Gasteiger partial charge is 0.493 e. The summed E-state index contributed by atoms with van der Waals surface area (Å²) in [6.45, 7) is 0.737. The molecule has 1 aromatic rings. The van der Waals surface area contributed by atoms with Crippen molar-refractivity contribution in [1.29, 1.82) is 0 Å². The number of benzene rings is 1. The summed E-state index contributed by atoms with van der Waals surface area (Å²) < 4.78 is 11.9. The number of fused-ring (bicyclic) bond motifs is 2. The molecule has 4 nitrogen and oxygen atoms in total. The molecular weight excluding hydrogens is 360 g/mol. The van der Waals surface area contributed by atoms with Crippen LogP contribution in [0.2, 0.25) is 0 Å². The Balaban J connectivity index is 1.35. The van der Waals surface area contributed by atoms with E-state index in [1.54, 1.807) is 0 Å². The Hall–Kier alpha value is -1.46. The molecule has 2 heterocycles. The first kappa shape index (κ1) is 20.3. The van der Waals surface area contributed by atoms with Crippen molar-refractivity contribution >= 4 is 17.7 Å². The molecule has 1 N–H and O–H groups in total. The number of ether oxygens (including phenoxy) is 2. The van der Waals surface area contributed by atoms with Crippen LogP contribution < -0.4 is 4.74 Å². The third-order valence-corrected chi connectivity index (χ3v) is 6.48. The highest BCUT2D eigenvalue weighted by Crippen LogP contribution is 2.45. The summed E-state index contributed by atoms with van der Waals surface area (Å²) in [5, 5.41) is 8.69. The minimum Gasteiger partial charge on any atom is -0.493 e. The normalized spacial score (nSPS) is 26.7. The molecule has 0 saturated carbocycles. The number of unbranched alkanes of at least 4 members (excludes halogenated alkanes) is 2. The maximum atomic E-state index is 10.6.